The molecule has 0 fully saturated rings. The average Bonchev–Trinajstić information content (AvgIpc) is 2.92. The van der Waals surface area contributed by atoms with E-state index < -0.39 is 17.7 Å². The van der Waals surface area contributed by atoms with Crippen molar-refractivity contribution in [3.05, 3.63) is 71.7 Å². The highest BCUT2D eigenvalue weighted by atomic mass is 19.1. The Morgan fingerprint density at radius 3 is 2.55 bits per heavy atom. The Morgan fingerprint density at radius 2 is 1.85 bits per heavy atom. The minimum atomic E-state index is -1.32. The molecule has 0 aliphatic carbocycles. The summed E-state index contributed by atoms with van der Waals surface area (Å²) < 4.78 is 18.7. The van der Waals surface area contributed by atoms with Crippen molar-refractivity contribution in [2.24, 2.45) is 0 Å². The van der Waals surface area contributed by atoms with E-state index in [1.165, 1.54) is 18.2 Å². The van der Waals surface area contributed by atoms with Crippen molar-refractivity contribution in [3.63, 3.8) is 0 Å². The number of hydrogen-bond acceptors (Lipinski definition) is 3. The van der Waals surface area contributed by atoms with E-state index in [1.807, 2.05) is 0 Å². The van der Waals surface area contributed by atoms with Gasteiger partial charge in [0.05, 0.1) is 0 Å². The van der Waals surface area contributed by atoms with Crippen LogP contribution in [0.15, 0.2) is 59.0 Å². The summed E-state index contributed by atoms with van der Waals surface area (Å²) in [5, 5.41) is 10.5. The highest BCUT2D eigenvalue weighted by Crippen LogP contribution is 2.25. The zero-order valence-corrected chi connectivity index (χ0v) is 10.4. The standard InChI is InChI=1S/C16H11FO3/c17-12-8-4-7-11-9-13(20-16(11)12)15(19)14(18)10-5-2-1-3-6-10/h1-9,14,18H. The maximum Gasteiger partial charge on any atom is 0.230 e. The number of rotatable bonds is 3. The Labute approximate surface area is 114 Å². The highest BCUT2D eigenvalue weighted by Gasteiger charge is 2.23. The first-order chi connectivity index (χ1) is 9.66. The summed E-state index contributed by atoms with van der Waals surface area (Å²) >= 11 is 0. The Bertz CT molecular complexity index is 762. The third-order valence-corrected chi connectivity index (χ3v) is 3.10. The van der Waals surface area contributed by atoms with Gasteiger partial charge in [0.1, 0.15) is 6.10 Å². The zero-order valence-electron chi connectivity index (χ0n) is 10.4. The van der Waals surface area contributed by atoms with Gasteiger partial charge in [-0.25, -0.2) is 4.39 Å². The lowest BCUT2D eigenvalue weighted by Gasteiger charge is -2.07. The van der Waals surface area contributed by atoms with Crippen molar-refractivity contribution >= 4 is 16.8 Å². The summed E-state index contributed by atoms with van der Waals surface area (Å²) in [5.41, 5.74) is 0.495. The summed E-state index contributed by atoms with van der Waals surface area (Å²) in [5.74, 6) is -1.18. The topological polar surface area (TPSA) is 50.4 Å². The molecule has 2 aromatic carbocycles. The van der Waals surface area contributed by atoms with Crippen LogP contribution in [0.1, 0.15) is 22.2 Å². The molecule has 3 rings (SSSR count). The Kier molecular flexibility index (Phi) is 3.08. The van der Waals surface area contributed by atoms with Crippen LogP contribution in [-0.2, 0) is 0 Å². The Hall–Kier alpha value is -2.46. The number of para-hydroxylation sites is 1. The Balaban J connectivity index is 1.99. The van der Waals surface area contributed by atoms with Crippen molar-refractivity contribution in [2.75, 3.05) is 0 Å². The maximum absolute atomic E-state index is 13.5. The molecule has 1 atom stereocenters. The molecule has 0 aliphatic rings. The fourth-order valence-corrected chi connectivity index (χ4v) is 2.07. The van der Waals surface area contributed by atoms with Crippen molar-refractivity contribution in [1.29, 1.82) is 0 Å². The number of furan rings is 1. The molecule has 3 aromatic rings. The van der Waals surface area contributed by atoms with Gasteiger partial charge in [-0.2, -0.15) is 0 Å². The molecule has 3 nitrogen and oxygen atoms in total. The van der Waals surface area contributed by atoms with Gasteiger partial charge in [0.2, 0.25) is 5.78 Å². The van der Waals surface area contributed by atoms with Crippen LogP contribution < -0.4 is 0 Å². The van der Waals surface area contributed by atoms with Crippen LogP contribution in [0, 0.1) is 5.82 Å². The Morgan fingerprint density at radius 1 is 1.10 bits per heavy atom. The molecule has 0 bridgehead atoms. The molecular formula is C16H11FO3. The fraction of sp³-hybridized carbons (Fsp3) is 0.0625. The van der Waals surface area contributed by atoms with Gasteiger partial charge in [-0.05, 0) is 17.7 Å². The van der Waals surface area contributed by atoms with Crippen LogP contribution in [0.4, 0.5) is 4.39 Å². The maximum atomic E-state index is 13.5. The highest BCUT2D eigenvalue weighted by molar-refractivity contribution is 6.00. The number of carbonyl (C=O) groups is 1. The van der Waals surface area contributed by atoms with E-state index in [-0.39, 0.29) is 11.3 Å². The summed E-state index contributed by atoms with van der Waals surface area (Å²) in [6.07, 6.45) is -1.32. The molecule has 0 saturated carbocycles. The minimum Gasteiger partial charge on any atom is -0.450 e. The summed E-state index contributed by atoms with van der Waals surface area (Å²) in [4.78, 5) is 12.2. The van der Waals surface area contributed by atoms with E-state index in [1.54, 1.807) is 36.4 Å². The molecule has 0 saturated heterocycles. The first-order valence-electron chi connectivity index (χ1n) is 6.12. The fourth-order valence-electron chi connectivity index (χ4n) is 2.07. The van der Waals surface area contributed by atoms with Gasteiger partial charge in [0.25, 0.3) is 0 Å². The second-order valence-electron chi connectivity index (χ2n) is 4.45. The molecule has 0 radical (unpaired) electrons. The van der Waals surface area contributed by atoms with Crippen molar-refractivity contribution in [1.82, 2.24) is 0 Å². The van der Waals surface area contributed by atoms with Gasteiger partial charge in [-0.1, -0.05) is 42.5 Å². The number of halogens is 1. The van der Waals surface area contributed by atoms with Gasteiger partial charge in [-0.15, -0.1) is 0 Å². The largest absolute Gasteiger partial charge is 0.450 e. The van der Waals surface area contributed by atoms with Crippen LogP contribution >= 0.6 is 0 Å². The predicted molar refractivity (Wildman–Crippen MR) is 71.9 cm³/mol. The van der Waals surface area contributed by atoms with Gasteiger partial charge >= 0.3 is 0 Å². The van der Waals surface area contributed by atoms with E-state index in [0.29, 0.717) is 10.9 Å². The number of aliphatic hydroxyl groups excluding tert-OH is 1. The van der Waals surface area contributed by atoms with Gasteiger partial charge in [0.15, 0.2) is 17.2 Å². The quantitative estimate of drug-likeness (QED) is 0.741. The van der Waals surface area contributed by atoms with E-state index in [9.17, 15) is 14.3 Å². The molecule has 1 N–H and O–H groups in total. The molecule has 20 heavy (non-hydrogen) atoms. The molecule has 0 spiro atoms. The van der Waals surface area contributed by atoms with E-state index in [0.717, 1.165) is 0 Å². The third kappa shape index (κ3) is 2.10. The summed E-state index contributed by atoms with van der Waals surface area (Å²) in [7, 11) is 0. The molecule has 1 unspecified atom stereocenters. The number of carbonyl (C=O) groups excluding carboxylic acids is 1. The number of Topliss-reactive ketones (excluding diaryl/α,β-unsaturated/α-hetero) is 1. The third-order valence-electron chi connectivity index (χ3n) is 3.10. The monoisotopic (exact) mass is 270 g/mol. The van der Waals surface area contributed by atoms with Crippen molar-refractivity contribution < 1.29 is 18.7 Å². The molecule has 4 heteroatoms. The molecule has 100 valence electrons. The van der Waals surface area contributed by atoms with Crippen LogP contribution in [0.25, 0.3) is 11.0 Å². The normalized spacial score (nSPS) is 12.5. The van der Waals surface area contributed by atoms with Gasteiger partial charge in [-0.3, -0.25) is 4.79 Å². The van der Waals surface area contributed by atoms with E-state index >= 15 is 0 Å². The van der Waals surface area contributed by atoms with Crippen LogP contribution in [0.3, 0.4) is 0 Å². The molecule has 1 heterocycles. The first-order valence-corrected chi connectivity index (χ1v) is 6.12. The van der Waals surface area contributed by atoms with Crippen LogP contribution in [0.5, 0.6) is 0 Å². The minimum absolute atomic E-state index is 0.0242. The molecule has 0 aliphatic heterocycles. The van der Waals surface area contributed by atoms with Gasteiger partial charge < -0.3 is 9.52 Å². The molecular weight excluding hydrogens is 259 g/mol. The van der Waals surface area contributed by atoms with Crippen LogP contribution in [-0.4, -0.2) is 10.9 Å². The predicted octanol–water partition coefficient (Wildman–Crippen LogP) is 3.49. The number of ketones is 1. The second-order valence-corrected chi connectivity index (χ2v) is 4.45. The molecule has 1 aromatic heterocycles. The SMILES string of the molecule is O=C(c1cc2cccc(F)c2o1)C(O)c1ccccc1. The first kappa shape index (κ1) is 12.6. The summed E-state index contributed by atoms with van der Waals surface area (Å²) in [6.45, 7) is 0. The van der Waals surface area contributed by atoms with Crippen molar-refractivity contribution in [3.8, 4) is 0 Å². The van der Waals surface area contributed by atoms with Crippen LogP contribution in [0.2, 0.25) is 0 Å². The van der Waals surface area contributed by atoms with Gasteiger partial charge in [0, 0.05) is 5.39 Å². The number of hydrogen-bond donors (Lipinski definition) is 1. The smallest absolute Gasteiger partial charge is 0.230 e. The lowest BCUT2D eigenvalue weighted by molar-refractivity contribution is 0.0720. The lowest BCUT2D eigenvalue weighted by atomic mass is 10.0. The lowest BCUT2D eigenvalue weighted by Crippen LogP contribution is -2.11. The van der Waals surface area contributed by atoms with Crippen molar-refractivity contribution in [2.45, 2.75) is 6.10 Å². The molecule has 0 amide bonds. The number of benzene rings is 2. The zero-order chi connectivity index (χ0) is 14.1. The average molecular weight is 270 g/mol. The number of aliphatic hydroxyl groups is 1. The summed E-state index contributed by atoms with van der Waals surface area (Å²) in [6, 6.07) is 14.4. The van der Waals surface area contributed by atoms with E-state index in [2.05, 4.69) is 0 Å². The van der Waals surface area contributed by atoms with E-state index in [4.69, 9.17) is 4.42 Å². The second kappa shape index (κ2) is 4.90. The number of fused-ring (bicyclic) bond motifs is 1.